The van der Waals surface area contributed by atoms with Crippen molar-refractivity contribution in [2.75, 3.05) is 24.7 Å². The van der Waals surface area contributed by atoms with Gasteiger partial charge in [-0.15, -0.1) is 23.5 Å². The highest BCUT2D eigenvalue weighted by atomic mass is 32.2. The van der Waals surface area contributed by atoms with Crippen LogP contribution in [0.25, 0.3) is 11.3 Å². The van der Waals surface area contributed by atoms with E-state index >= 15 is 0 Å². The summed E-state index contributed by atoms with van der Waals surface area (Å²) >= 11 is 3.23. The van der Waals surface area contributed by atoms with E-state index in [1.807, 2.05) is 97.9 Å². The van der Waals surface area contributed by atoms with E-state index in [-0.39, 0.29) is 0 Å². The van der Waals surface area contributed by atoms with Crippen LogP contribution in [0.5, 0.6) is 5.75 Å². The first kappa shape index (κ1) is 38.3. The van der Waals surface area contributed by atoms with E-state index in [0.717, 1.165) is 60.2 Å². The molecule has 4 aromatic carbocycles. The number of carbonyl (C=O) groups excluding carboxylic acids is 2. The zero-order chi connectivity index (χ0) is 37.3. The first-order valence-corrected chi connectivity index (χ1v) is 18.7. The van der Waals surface area contributed by atoms with Gasteiger partial charge in [0.2, 0.25) is 0 Å². The second-order valence-electron chi connectivity index (χ2n) is 11.4. The van der Waals surface area contributed by atoms with Crippen LogP contribution in [-0.4, -0.2) is 41.6 Å². The van der Waals surface area contributed by atoms with Gasteiger partial charge in [0.15, 0.2) is 0 Å². The monoisotopic (exact) mass is 735 g/mol. The molecule has 0 aliphatic carbocycles. The molecule has 0 radical (unpaired) electrons. The Labute approximate surface area is 319 Å². The lowest BCUT2D eigenvalue weighted by molar-refractivity contribution is -0.138. The second kappa shape index (κ2) is 20.2. The summed E-state index contributed by atoms with van der Waals surface area (Å²) in [5, 5.41) is 0. The molecule has 0 N–H and O–H groups in total. The van der Waals surface area contributed by atoms with Gasteiger partial charge in [0, 0.05) is 67.5 Å². The van der Waals surface area contributed by atoms with Crippen molar-refractivity contribution in [1.82, 2.24) is 4.98 Å². The number of ether oxygens (including phenoxy) is 3. The van der Waals surface area contributed by atoms with Gasteiger partial charge in [0.05, 0.1) is 5.69 Å². The van der Waals surface area contributed by atoms with Gasteiger partial charge >= 0.3 is 11.9 Å². The fourth-order valence-electron chi connectivity index (χ4n) is 4.74. The van der Waals surface area contributed by atoms with Crippen molar-refractivity contribution in [3.63, 3.8) is 0 Å². The number of hydrogen-bond acceptors (Lipinski definition) is 8. The van der Waals surface area contributed by atoms with E-state index in [1.165, 1.54) is 12.2 Å². The van der Waals surface area contributed by atoms with E-state index in [4.69, 9.17) is 14.2 Å². The van der Waals surface area contributed by atoms with E-state index in [9.17, 15) is 9.59 Å². The largest absolute Gasteiger partial charge is 0.489 e. The number of pyridine rings is 1. The summed E-state index contributed by atoms with van der Waals surface area (Å²) in [7, 11) is 0. The first-order valence-electron chi connectivity index (χ1n) is 16.8. The average Bonchev–Trinajstić information content (AvgIpc) is 3.20. The normalized spacial score (nSPS) is 10.1. The highest BCUT2D eigenvalue weighted by Gasteiger charge is 2.05. The van der Waals surface area contributed by atoms with Crippen LogP contribution in [0.2, 0.25) is 0 Å². The summed E-state index contributed by atoms with van der Waals surface area (Å²) in [4.78, 5) is 29.1. The molecule has 8 heteroatoms. The summed E-state index contributed by atoms with van der Waals surface area (Å²) < 4.78 is 16.2. The van der Waals surface area contributed by atoms with Gasteiger partial charge in [0.25, 0.3) is 0 Å². The van der Waals surface area contributed by atoms with Gasteiger partial charge in [-0.1, -0.05) is 61.1 Å². The highest BCUT2D eigenvalue weighted by molar-refractivity contribution is 7.99. The Balaban J connectivity index is 1.07. The van der Waals surface area contributed by atoms with Crippen molar-refractivity contribution in [1.29, 1.82) is 0 Å². The van der Waals surface area contributed by atoms with E-state index in [2.05, 4.69) is 54.0 Å². The molecule has 0 spiro atoms. The third-order valence-electron chi connectivity index (χ3n) is 7.52. The van der Waals surface area contributed by atoms with Gasteiger partial charge < -0.3 is 14.2 Å². The fraction of sp³-hybridized carbons (Fsp3) is 0.133. The van der Waals surface area contributed by atoms with Crippen molar-refractivity contribution in [2.45, 2.75) is 23.3 Å². The molecule has 5 aromatic rings. The number of esters is 2. The number of rotatable bonds is 14. The molecule has 0 aliphatic heterocycles. The zero-order valence-corrected chi connectivity index (χ0v) is 30.9. The van der Waals surface area contributed by atoms with Crippen molar-refractivity contribution >= 4 is 35.5 Å². The Kier molecular flexibility index (Phi) is 14.6. The molecular weight excluding hydrogens is 699 g/mol. The number of nitrogens with zero attached hydrogens (tertiary/aromatic N) is 1. The van der Waals surface area contributed by atoms with E-state index in [1.54, 1.807) is 29.7 Å². The van der Waals surface area contributed by atoms with Crippen LogP contribution in [0.3, 0.4) is 0 Å². The molecule has 0 saturated carbocycles. The molecular formula is C45H37NO5S2. The molecule has 53 heavy (non-hydrogen) atoms. The standard InChI is InChI=1S/C45H37NO5S2/c1-4-44(47)49-26-28-52-40-20-12-34(13-21-40)6-8-36-17-25-43(33(3)30-36)51-32-38-10-18-39(19-11-38)42-24-16-37(31-46-42)9-7-35-14-22-41(23-15-35)53-29-27-50-45(48)5-2/h4-5,10-25,30-31H,1-2,26-29,32H2,3H3. The molecule has 0 unspecified atom stereocenters. The topological polar surface area (TPSA) is 74.7 Å². The summed E-state index contributed by atoms with van der Waals surface area (Å²) in [6, 6.07) is 34.1. The van der Waals surface area contributed by atoms with Crippen molar-refractivity contribution in [3.05, 3.63) is 168 Å². The van der Waals surface area contributed by atoms with E-state index < -0.39 is 11.9 Å². The molecule has 0 amide bonds. The van der Waals surface area contributed by atoms with Crippen LogP contribution in [0.1, 0.15) is 33.4 Å². The Morgan fingerprint density at radius 3 is 1.68 bits per heavy atom. The number of benzene rings is 4. The highest BCUT2D eigenvalue weighted by Crippen LogP contribution is 2.23. The predicted molar refractivity (Wildman–Crippen MR) is 214 cm³/mol. The lowest BCUT2D eigenvalue weighted by Gasteiger charge is -2.10. The van der Waals surface area contributed by atoms with Crippen molar-refractivity contribution in [3.8, 4) is 40.7 Å². The quantitative estimate of drug-likeness (QED) is 0.0368. The summed E-state index contributed by atoms with van der Waals surface area (Å²) in [5.41, 5.74) is 7.53. The molecule has 0 bridgehead atoms. The molecule has 5 rings (SSSR count). The van der Waals surface area contributed by atoms with Crippen LogP contribution in [-0.2, 0) is 25.7 Å². The summed E-state index contributed by atoms with van der Waals surface area (Å²) in [6.07, 6.45) is 4.12. The average molecular weight is 736 g/mol. The molecule has 264 valence electrons. The molecule has 0 fully saturated rings. The number of hydrogen-bond donors (Lipinski definition) is 0. The smallest absolute Gasteiger partial charge is 0.330 e. The van der Waals surface area contributed by atoms with Gasteiger partial charge in [-0.05, 0) is 96.9 Å². The van der Waals surface area contributed by atoms with Crippen LogP contribution >= 0.6 is 23.5 Å². The van der Waals surface area contributed by atoms with Gasteiger partial charge in [-0.25, -0.2) is 9.59 Å². The van der Waals surface area contributed by atoms with E-state index in [0.29, 0.717) is 31.3 Å². The molecule has 1 heterocycles. The number of aromatic nitrogens is 1. The number of aryl methyl sites for hydroxylation is 1. The minimum Gasteiger partial charge on any atom is -0.489 e. The lowest BCUT2D eigenvalue weighted by Crippen LogP contribution is -2.03. The molecule has 1 aromatic heterocycles. The minimum absolute atomic E-state index is 0.340. The minimum atomic E-state index is -0.407. The molecule has 0 saturated heterocycles. The van der Waals surface area contributed by atoms with Crippen molar-refractivity contribution < 1.29 is 23.8 Å². The number of carbonyl (C=O) groups is 2. The molecule has 0 atom stereocenters. The Morgan fingerprint density at radius 1 is 0.660 bits per heavy atom. The third-order valence-corrected chi connectivity index (χ3v) is 9.47. The fourth-order valence-corrected chi connectivity index (χ4v) is 6.20. The lowest BCUT2D eigenvalue weighted by atomic mass is 10.1. The molecule has 6 nitrogen and oxygen atoms in total. The second-order valence-corrected chi connectivity index (χ2v) is 13.7. The summed E-state index contributed by atoms with van der Waals surface area (Å²) in [6.45, 7) is 9.93. The maximum absolute atomic E-state index is 11.1. The van der Waals surface area contributed by atoms with Crippen LogP contribution in [0.15, 0.2) is 144 Å². The van der Waals surface area contributed by atoms with Crippen LogP contribution in [0, 0.1) is 30.6 Å². The SMILES string of the molecule is C=CC(=O)OCCSc1ccc(C#Cc2ccc(-c3ccc(COc4ccc(C#Cc5ccc(SCCOC(=O)C=C)cc5)cc4C)cc3)nc2)cc1. The third kappa shape index (κ3) is 12.7. The maximum atomic E-state index is 11.1. The first-order chi connectivity index (χ1) is 25.9. The summed E-state index contributed by atoms with van der Waals surface area (Å²) in [5.74, 6) is 14.2. The molecule has 0 aliphatic rings. The zero-order valence-electron chi connectivity index (χ0n) is 29.3. The van der Waals surface area contributed by atoms with Gasteiger partial charge in [-0.3, -0.25) is 4.98 Å². The Hall–Kier alpha value is -5.93. The predicted octanol–water partition coefficient (Wildman–Crippen LogP) is 9.08. The maximum Gasteiger partial charge on any atom is 0.330 e. The van der Waals surface area contributed by atoms with Crippen molar-refractivity contribution in [2.24, 2.45) is 0 Å². The Morgan fingerprint density at radius 2 is 1.17 bits per heavy atom. The number of thioether (sulfide) groups is 2. The van der Waals surface area contributed by atoms with Gasteiger partial charge in [-0.2, -0.15) is 0 Å². The van der Waals surface area contributed by atoms with Gasteiger partial charge in [0.1, 0.15) is 25.6 Å². The van der Waals surface area contributed by atoms with Crippen LogP contribution in [0.4, 0.5) is 0 Å². The Bertz CT molecular complexity index is 2150. The van der Waals surface area contributed by atoms with Crippen LogP contribution < -0.4 is 4.74 Å².